The van der Waals surface area contributed by atoms with Crippen LogP contribution < -0.4 is 4.74 Å². The normalized spacial score (nSPS) is 10.2. The first-order valence-corrected chi connectivity index (χ1v) is 6.91. The molecule has 4 nitrogen and oxygen atoms in total. The van der Waals surface area contributed by atoms with Gasteiger partial charge < -0.3 is 9.84 Å². The molecule has 0 saturated carbocycles. The van der Waals surface area contributed by atoms with E-state index in [1.165, 1.54) is 12.3 Å². The minimum Gasteiger partial charge on any atom is -0.478 e. The number of carboxylic acid groups (broad SMARTS) is 1. The number of carbonyl (C=O) groups is 1. The summed E-state index contributed by atoms with van der Waals surface area (Å²) in [4.78, 5) is 15.8. The van der Waals surface area contributed by atoms with Gasteiger partial charge >= 0.3 is 5.97 Å². The van der Waals surface area contributed by atoms with Crippen molar-refractivity contribution in [2.24, 2.45) is 0 Å². The molecule has 2 rings (SSSR count). The number of aromatic nitrogens is 1. The summed E-state index contributed by atoms with van der Waals surface area (Å²) in [5, 5.41) is 8.97. The number of aromatic carboxylic acids is 1. The van der Waals surface area contributed by atoms with E-state index in [1.54, 1.807) is 23.9 Å². The van der Waals surface area contributed by atoms with Crippen LogP contribution in [-0.2, 0) is 0 Å². The number of halogens is 1. The fourth-order valence-corrected chi connectivity index (χ4v) is 1.99. The Morgan fingerprint density at radius 2 is 2.05 bits per heavy atom. The zero-order valence-corrected chi connectivity index (χ0v) is 11.5. The second kappa shape index (κ2) is 5.95. The second-order valence-corrected chi connectivity index (χ2v) is 4.88. The van der Waals surface area contributed by atoms with E-state index in [9.17, 15) is 4.79 Å². The first-order valence-electron chi connectivity index (χ1n) is 5.31. The highest BCUT2D eigenvalue weighted by Crippen LogP contribution is 2.28. The zero-order valence-electron chi connectivity index (χ0n) is 9.96. The fourth-order valence-electron chi connectivity index (χ4n) is 1.37. The maximum Gasteiger partial charge on any atom is 0.337 e. The summed E-state index contributed by atoms with van der Waals surface area (Å²) in [6.07, 6.45) is 3.19. The van der Waals surface area contributed by atoms with Crippen molar-refractivity contribution >= 4 is 29.3 Å². The molecule has 1 aromatic carbocycles. The van der Waals surface area contributed by atoms with Crippen molar-refractivity contribution in [3.63, 3.8) is 0 Å². The monoisotopic (exact) mass is 295 g/mol. The van der Waals surface area contributed by atoms with E-state index in [4.69, 9.17) is 21.4 Å². The Kier molecular flexibility index (Phi) is 4.29. The summed E-state index contributed by atoms with van der Waals surface area (Å²) in [6.45, 7) is 0. The third-order valence-electron chi connectivity index (χ3n) is 2.33. The highest BCUT2D eigenvalue weighted by molar-refractivity contribution is 7.98. The molecule has 0 saturated heterocycles. The average Bonchev–Trinajstić information content (AvgIpc) is 2.41. The lowest BCUT2D eigenvalue weighted by molar-refractivity contribution is 0.0696. The van der Waals surface area contributed by atoms with Crippen molar-refractivity contribution in [3.05, 3.63) is 47.1 Å². The number of thioether (sulfide) groups is 1. The van der Waals surface area contributed by atoms with Crippen molar-refractivity contribution in [2.45, 2.75) is 4.90 Å². The molecule has 0 spiro atoms. The highest BCUT2D eigenvalue weighted by Gasteiger charge is 2.10. The second-order valence-electron chi connectivity index (χ2n) is 3.59. The Balaban J connectivity index is 2.20. The van der Waals surface area contributed by atoms with E-state index in [2.05, 4.69) is 4.98 Å². The van der Waals surface area contributed by atoms with Crippen LogP contribution in [0.4, 0.5) is 0 Å². The summed E-state index contributed by atoms with van der Waals surface area (Å²) < 4.78 is 5.50. The molecule has 0 unspecified atom stereocenters. The van der Waals surface area contributed by atoms with Gasteiger partial charge in [0.25, 0.3) is 0 Å². The Hall–Kier alpha value is -1.72. The van der Waals surface area contributed by atoms with Gasteiger partial charge in [-0.15, -0.1) is 11.8 Å². The van der Waals surface area contributed by atoms with E-state index in [0.717, 1.165) is 4.90 Å². The molecule has 2 aromatic rings. The van der Waals surface area contributed by atoms with Crippen LogP contribution >= 0.6 is 23.4 Å². The quantitative estimate of drug-likeness (QED) is 0.866. The Morgan fingerprint density at radius 3 is 2.58 bits per heavy atom. The number of nitrogens with zero attached hydrogens (tertiary/aromatic N) is 1. The van der Waals surface area contributed by atoms with Crippen LogP contribution in [0.15, 0.2) is 41.4 Å². The molecule has 0 radical (unpaired) electrons. The van der Waals surface area contributed by atoms with Gasteiger partial charge in [0.15, 0.2) is 0 Å². The molecule has 6 heteroatoms. The lowest BCUT2D eigenvalue weighted by Crippen LogP contribution is -1.98. The summed E-state index contributed by atoms with van der Waals surface area (Å²) in [5.74, 6) is -0.302. The molecular weight excluding hydrogens is 286 g/mol. The number of hydrogen-bond donors (Lipinski definition) is 1. The number of ether oxygens (including phenoxy) is 1. The van der Waals surface area contributed by atoms with E-state index in [1.807, 2.05) is 18.4 Å². The first kappa shape index (κ1) is 13.7. The van der Waals surface area contributed by atoms with Crippen molar-refractivity contribution in [1.29, 1.82) is 0 Å². The van der Waals surface area contributed by atoms with Gasteiger partial charge in [0.2, 0.25) is 5.88 Å². The number of hydrogen-bond acceptors (Lipinski definition) is 4. The van der Waals surface area contributed by atoms with E-state index in [-0.39, 0.29) is 16.5 Å². The third kappa shape index (κ3) is 3.39. The van der Waals surface area contributed by atoms with Crippen molar-refractivity contribution in [2.75, 3.05) is 6.26 Å². The molecule has 1 N–H and O–H groups in total. The first-order chi connectivity index (χ1) is 9.10. The van der Waals surface area contributed by atoms with E-state index in [0.29, 0.717) is 5.75 Å². The minimum absolute atomic E-state index is 0.0232. The van der Waals surface area contributed by atoms with Crippen LogP contribution in [0.3, 0.4) is 0 Å². The van der Waals surface area contributed by atoms with Crippen LogP contribution in [0.1, 0.15) is 10.4 Å². The van der Waals surface area contributed by atoms with Crippen LogP contribution in [0.5, 0.6) is 11.6 Å². The fraction of sp³-hybridized carbons (Fsp3) is 0.0769. The van der Waals surface area contributed by atoms with Crippen molar-refractivity contribution in [1.82, 2.24) is 4.98 Å². The summed E-state index contributed by atoms with van der Waals surface area (Å²) in [5.41, 5.74) is 0.0232. The lowest BCUT2D eigenvalue weighted by Gasteiger charge is -2.07. The molecule has 0 aliphatic heterocycles. The Bertz CT molecular complexity index is 601. The van der Waals surface area contributed by atoms with Gasteiger partial charge in [-0.1, -0.05) is 11.6 Å². The molecule has 1 aromatic heterocycles. The summed E-state index contributed by atoms with van der Waals surface area (Å²) >= 11 is 7.56. The number of benzene rings is 1. The molecule has 1 heterocycles. The summed E-state index contributed by atoms with van der Waals surface area (Å²) in [6, 6.07) is 8.74. The van der Waals surface area contributed by atoms with Gasteiger partial charge in [0.1, 0.15) is 10.8 Å². The van der Waals surface area contributed by atoms with Gasteiger partial charge in [-0.05, 0) is 36.6 Å². The van der Waals surface area contributed by atoms with E-state index >= 15 is 0 Å². The zero-order chi connectivity index (χ0) is 13.8. The van der Waals surface area contributed by atoms with Gasteiger partial charge in [-0.25, -0.2) is 9.78 Å². The number of rotatable bonds is 4. The maximum absolute atomic E-state index is 10.8. The molecule has 19 heavy (non-hydrogen) atoms. The predicted octanol–water partition coefficient (Wildman–Crippen LogP) is 3.95. The Morgan fingerprint density at radius 1 is 1.37 bits per heavy atom. The third-order valence-corrected chi connectivity index (χ3v) is 3.34. The average molecular weight is 296 g/mol. The standard InChI is InChI=1S/C13H10ClNO3S/c1-19-10-4-2-9(3-5-10)18-12-11(14)6-8(7-15-12)13(16)17/h2-7H,1H3,(H,16,17). The van der Waals surface area contributed by atoms with Crippen molar-refractivity contribution < 1.29 is 14.6 Å². The molecular formula is C13H10ClNO3S. The SMILES string of the molecule is CSc1ccc(Oc2ncc(C(=O)O)cc2Cl)cc1. The van der Waals surface area contributed by atoms with Crippen LogP contribution in [0, 0.1) is 0 Å². The van der Waals surface area contributed by atoms with Crippen LogP contribution in [0.2, 0.25) is 5.02 Å². The van der Waals surface area contributed by atoms with Crippen LogP contribution in [0.25, 0.3) is 0 Å². The number of pyridine rings is 1. The molecule has 0 atom stereocenters. The number of carboxylic acids is 1. The minimum atomic E-state index is -1.08. The maximum atomic E-state index is 10.8. The van der Waals surface area contributed by atoms with Gasteiger partial charge in [0.05, 0.1) is 5.56 Å². The van der Waals surface area contributed by atoms with Crippen molar-refractivity contribution in [3.8, 4) is 11.6 Å². The predicted molar refractivity (Wildman–Crippen MR) is 74.5 cm³/mol. The smallest absolute Gasteiger partial charge is 0.337 e. The molecule has 98 valence electrons. The largest absolute Gasteiger partial charge is 0.478 e. The molecule has 0 aliphatic carbocycles. The molecule has 0 fully saturated rings. The molecule has 0 amide bonds. The lowest BCUT2D eigenvalue weighted by atomic mass is 10.3. The summed E-state index contributed by atoms with van der Waals surface area (Å²) in [7, 11) is 0. The highest BCUT2D eigenvalue weighted by atomic mass is 35.5. The van der Waals surface area contributed by atoms with E-state index < -0.39 is 5.97 Å². The van der Waals surface area contributed by atoms with Gasteiger partial charge in [-0.3, -0.25) is 0 Å². The van der Waals surface area contributed by atoms with Gasteiger partial charge in [-0.2, -0.15) is 0 Å². The van der Waals surface area contributed by atoms with Crippen LogP contribution in [-0.4, -0.2) is 22.3 Å². The Labute approximate surface area is 119 Å². The molecule has 0 aliphatic rings. The van der Waals surface area contributed by atoms with Gasteiger partial charge in [0, 0.05) is 11.1 Å². The molecule has 0 bridgehead atoms. The topological polar surface area (TPSA) is 59.4 Å².